The predicted octanol–water partition coefficient (Wildman–Crippen LogP) is 2.03. The smallest absolute Gasteiger partial charge is 0.396 e. The highest BCUT2D eigenvalue weighted by molar-refractivity contribution is 7.99. The summed E-state index contributed by atoms with van der Waals surface area (Å²) in [7, 11) is 0. The van der Waals surface area contributed by atoms with Crippen molar-refractivity contribution in [3.8, 4) is 6.07 Å². The van der Waals surface area contributed by atoms with Crippen LogP contribution in [0.15, 0.2) is 9.64 Å². The van der Waals surface area contributed by atoms with Crippen LogP contribution in [0.3, 0.4) is 0 Å². The zero-order valence-corrected chi connectivity index (χ0v) is 10.3. The molecule has 0 aliphatic carbocycles. The predicted molar refractivity (Wildman–Crippen MR) is 60.4 cm³/mol. The van der Waals surface area contributed by atoms with Crippen LogP contribution in [0.2, 0.25) is 0 Å². The van der Waals surface area contributed by atoms with Gasteiger partial charge >= 0.3 is 11.9 Å². The zero-order valence-electron chi connectivity index (χ0n) is 9.51. The highest BCUT2D eigenvalue weighted by Crippen LogP contribution is 2.18. The summed E-state index contributed by atoms with van der Waals surface area (Å²) in [5, 5.41) is 16.0. The van der Waals surface area contributed by atoms with Crippen LogP contribution in [0.4, 0.5) is 0 Å². The molecule has 1 rings (SSSR count). The number of esters is 1. The summed E-state index contributed by atoms with van der Waals surface area (Å²) in [4.78, 5) is 11.2. The van der Waals surface area contributed by atoms with Crippen molar-refractivity contribution in [2.45, 2.75) is 31.4 Å². The first-order chi connectivity index (χ1) is 8.27. The van der Waals surface area contributed by atoms with Crippen LogP contribution in [0.25, 0.3) is 0 Å². The Kier molecular flexibility index (Phi) is 6.10. The first kappa shape index (κ1) is 13.5. The van der Waals surface area contributed by atoms with Crippen LogP contribution in [0.1, 0.15) is 36.9 Å². The Labute approximate surface area is 103 Å². The number of rotatable bonds is 7. The SMILES string of the molecule is CCOC(=O)c1nnc(SCCCCC#N)o1. The van der Waals surface area contributed by atoms with E-state index >= 15 is 0 Å². The molecule has 0 saturated heterocycles. The standard InChI is InChI=1S/C10H13N3O3S/c1-2-15-9(14)8-12-13-10(16-8)17-7-5-3-4-6-11/h2-5,7H2,1H3. The summed E-state index contributed by atoms with van der Waals surface area (Å²) in [5.74, 6) is 0.0642. The Morgan fingerprint density at radius 3 is 3.06 bits per heavy atom. The Morgan fingerprint density at radius 2 is 2.35 bits per heavy atom. The van der Waals surface area contributed by atoms with Crippen molar-refractivity contribution in [3.63, 3.8) is 0 Å². The van der Waals surface area contributed by atoms with Gasteiger partial charge in [-0.3, -0.25) is 0 Å². The van der Waals surface area contributed by atoms with E-state index in [0.717, 1.165) is 18.6 Å². The Morgan fingerprint density at radius 1 is 1.53 bits per heavy atom. The van der Waals surface area contributed by atoms with Gasteiger partial charge in [0.1, 0.15) is 0 Å². The lowest BCUT2D eigenvalue weighted by Crippen LogP contribution is -2.04. The molecule has 0 aliphatic heterocycles. The van der Waals surface area contributed by atoms with E-state index in [1.165, 1.54) is 11.8 Å². The molecule has 0 fully saturated rings. The molecule has 1 heterocycles. The normalized spacial score (nSPS) is 9.88. The van der Waals surface area contributed by atoms with E-state index in [-0.39, 0.29) is 12.5 Å². The number of hydrogen-bond acceptors (Lipinski definition) is 7. The zero-order chi connectivity index (χ0) is 12.5. The average molecular weight is 255 g/mol. The maximum absolute atomic E-state index is 11.2. The van der Waals surface area contributed by atoms with Gasteiger partial charge < -0.3 is 9.15 Å². The van der Waals surface area contributed by atoms with Gasteiger partial charge in [0.05, 0.1) is 12.7 Å². The van der Waals surface area contributed by atoms with Crippen molar-refractivity contribution >= 4 is 17.7 Å². The summed E-state index contributed by atoms with van der Waals surface area (Å²) >= 11 is 1.37. The Hall–Kier alpha value is -1.55. The van der Waals surface area contributed by atoms with Crippen LogP contribution in [0, 0.1) is 11.3 Å². The lowest BCUT2D eigenvalue weighted by atomic mass is 10.3. The summed E-state index contributed by atoms with van der Waals surface area (Å²) in [6.07, 6.45) is 2.30. The fourth-order valence-corrected chi connectivity index (χ4v) is 1.77. The van der Waals surface area contributed by atoms with Gasteiger partial charge in [0.2, 0.25) is 0 Å². The molecule has 0 amide bonds. The van der Waals surface area contributed by atoms with Crippen molar-refractivity contribution in [3.05, 3.63) is 5.89 Å². The van der Waals surface area contributed by atoms with E-state index in [1.807, 2.05) is 0 Å². The average Bonchev–Trinajstić information content (AvgIpc) is 2.78. The number of aromatic nitrogens is 2. The number of hydrogen-bond donors (Lipinski definition) is 0. The highest BCUT2D eigenvalue weighted by atomic mass is 32.2. The fraction of sp³-hybridized carbons (Fsp3) is 0.600. The minimum atomic E-state index is -0.601. The third-order valence-corrected chi connectivity index (χ3v) is 2.67. The molecule has 0 N–H and O–H groups in total. The number of thioether (sulfide) groups is 1. The molecule has 0 bridgehead atoms. The maximum Gasteiger partial charge on any atom is 0.396 e. The first-order valence-electron chi connectivity index (χ1n) is 5.28. The molecule has 0 radical (unpaired) electrons. The summed E-state index contributed by atoms with van der Waals surface area (Å²) in [6, 6.07) is 2.08. The van der Waals surface area contributed by atoms with Gasteiger partial charge in [-0.2, -0.15) is 5.26 Å². The van der Waals surface area contributed by atoms with E-state index in [2.05, 4.69) is 16.3 Å². The van der Waals surface area contributed by atoms with Crippen molar-refractivity contribution < 1.29 is 13.9 Å². The van der Waals surface area contributed by atoms with Crippen molar-refractivity contribution in [1.82, 2.24) is 10.2 Å². The lowest BCUT2D eigenvalue weighted by molar-refractivity contribution is 0.0475. The largest absolute Gasteiger partial charge is 0.459 e. The number of carbonyl (C=O) groups is 1. The van der Waals surface area contributed by atoms with Gasteiger partial charge in [-0.1, -0.05) is 16.9 Å². The third kappa shape index (κ3) is 4.87. The van der Waals surface area contributed by atoms with Crippen molar-refractivity contribution in [2.24, 2.45) is 0 Å². The minimum Gasteiger partial charge on any atom is -0.459 e. The minimum absolute atomic E-state index is 0.119. The van der Waals surface area contributed by atoms with Gasteiger partial charge in [0.25, 0.3) is 5.22 Å². The molecule has 6 nitrogen and oxygen atoms in total. The lowest BCUT2D eigenvalue weighted by Gasteiger charge is -1.95. The molecule has 7 heteroatoms. The van der Waals surface area contributed by atoms with Gasteiger partial charge in [-0.05, 0) is 19.8 Å². The maximum atomic E-state index is 11.2. The van der Waals surface area contributed by atoms with E-state index in [0.29, 0.717) is 11.6 Å². The Balaban J connectivity index is 2.31. The molecule has 0 unspecified atom stereocenters. The summed E-state index contributed by atoms with van der Waals surface area (Å²) in [6.45, 7) is 1.98. The van der Waals surface area contributed by atoms with Gasteiger partial charge in [0.15, 0.2) is 0 Å². The fourth-order valence-electron chi connectivity index (χ4n) is 1.01. The molecule has 1 aromatic heterocycles. The quantitative estimate of drug-likeness (QED) is 0.418. The van der Waals surface area contributed by atoms with E-state index in [4.69, 9.17) is 14.4 Å². The van der Waals surface area contributed by atoms with Crippen LogP contribution in [-0.4, -0.2) is 28.5 Å². The molecular weight excluding hydrogens is 242 g/mol. The molecule has 92 valence electrons. The molecule has 0 aliphatic rings. The number of nitrogens with zero attached hydrogens (tertiary/aromatic N) is 3. The highest BCUT2D eigenvalue weighted by Gasteiger charge is 2.15. The van der Waals surface area contributed by atoms with E-state index in [9.17, 15) is 4.79 Å². The first-order valence-corrected chi connectivity index (χ1v) is 6.27. The molecule has 1 aromatic rings. The molecule has 17 heavy (non-hydrogen) atoms. The molecule has 0 spiro atoms. The van der Waals surface area contributed by atoms with Gasteiger partial charge in [0, 0.05) is 12.2 Å². The van der Waals surface area contributed by atoms with E-state index < -0.39 is 5.97 Å². The number of carbonyl (C=O) groups excluding carboxylic acids is 1. The molecule has 0 atom stereocenters. The van der Waals surface area contributed by atoms with Crippen LogP contribution in [0.5, 0.6) is 0 Å². The van der Waals surface area contributed by atoms with Crippen LogP contribution in [-0.2, 0) is 4.74 Å². The van der Waals surface area contributed by atoms with Crippen LogP contribution >= 0.6 is 11.8 Å². The van der Waals surface area contributed by atoms with Crippen molar-refractivity contribution in [2.75, 3.05) is 12.4 Å². The monoisotopic (exact) mass is 255 g/mol. The summed E-state index contributed by atoms with van der Waals surface area (Å²) in [5.41, 5.74) is 0. The van der Waals surface area contributed by atoms with Gasteiger partial charge in [-0.15, -0.1) is 5.10 Å². The third-order valence-electron chi connectivity index (χ3n) is 1.76. The topological polar surface area (TPSA) is 89.0 Å². The second-order valence-corrected chi connectivity index (χ2v) is 4.10. The molecule has 0 aromatic carbocycles. The van der Waals surface area contributed by atoms with Crippen molar-refractivity contribution in [1.29, 1.82) is 5.26 Å². The molecular formula is C10H13N3O3S. The summed E-state index contributed by atoms with van der Waals surface area (Å²) < 4.78 is 9.82. The second-order valence-electron chi connectivity index (χ2n) is 3.06. The van der Waals surface area contributed by atoms with Gasteiger partial charge in [-0.25, -0.2) is 4.79 Å². The number of nitriles is 1. The number of unbranched alkanes of at least 4 members (excludes halogenated alkanes) is 2. The van der Waals surface area contributed by atoms with Crippen LogP contribution < -0.4 is 0 Å². The number of ether oxygens (including phenoxy) is 1. The Bertz CT molecular complexity index is 400. The van der Waals surface area contributed by atoms with E-state index in [1.54, 1.807) is 6.92 Å². The molecule has 0 saturated carbocycles. The second kappa shape index (κ2) is 7.68.